The SMILES string of the molecule is COc1cc2c(cc1OC)C(COc1cc(C)cc(C)c1)N(C(=S)Nc1ccc(Br)cc1)CC2. The van der Waals surface area contributed by atoms with Crippen LogP contribution in [0, 0.1) is 13.8 Å². The number of fused-ring (bicyclic) bond motifs is 1. The summed E-state index contributed by atoms with van der Waals surface area (Å²) in [6.45, 7) is 5.38. The summed E-state index contributed by atoms with van der Waals surface area (Å²) in [6.07, 6.45) is 0.845. The molecule has 0 saturated carbocycles. The molecule has 3 aromatic carbocycles. The highest BCUT2D eigenvalue weighted by molar-refractivity contribution is 9.10. The number of methoxy groups -OCH3 is 2. The maximum atomic E-state index is 6.33. The number of ether oxygens (including phenoxy) is 3. The first-order valence-corrected chi connectivity index (χ1v) is 12.4. The molecule has 178 valence electrons. The van der Waals surface area contributed by atoms with Crippen molar-refractivity contribution in [1.82, 2.24) is 4.90 Å². The van der Waals surface area contributed by atoms with Gasteiger partial charge in [0.2, 0.25) is 0 Å². The van der Waals surface area contributed by atoms with Crippen LogP contribution in [0.3, 0.4) is 0 Å². The molecule has 5 nitrogen and oxygen atoms in total. The van der Waals surface area contributed by atoms with E-state index in [0.717, 1.165) is 40.2 Å². The largest absolute Gasteiger partial charge is 0.493 e. The summed E-state index contributed by atoms with van der Waals surface area (Å²) in [5, 5.41) is 4.06. The lowest BCUT2D eigenvalue weighted by molar-refractivity contribution is 0.190. The third kappa shape index (κ3) is 5.47. The maximum absolute atomic E-state index is 6.33. The number of rotatable bonds is 6. The van der Waals surface area contributed by atoms with Crippen molar-refractivity contribution in [3.05, 3.63) is 81.3 Å². The van der Waals surface area contributed by atoms with Crippen LogP contribution in [0.25, 0.3) is 0 Å². The first-order chi connectivity index (χ1) is 16.4. The van der Waals surface area contributed by atoms with E-state index in [0.29, 0.717) is 17.5 Å². The number of benzene rings is 3. The summed E-state index contributed by atoms with van der Waals surface area (Å²) >= 11 is 9.35. The Hall–Kier alpha value is -2.77. The molecular formula is C27H29BrN2O3S. The van der Waals surface area contributed by atoms with Gasteiger partial charge in [0.05, 0.1) is 20.3 Å². The average molecular weight is 542 g/mol. The second kappa shape index (κ2) is 10.7. The van der Waals surface area contributed by atoms with Crippen molar-refractivity contribution in [3.8, 4) is 17.2 Å². The van der Waals surface area contributed by atoms with Crippen LogP contribution in [-0.2, 0) is 6.42 Å². The molecule has 3 aromatic rings. The van der Waals surface area contributed by atoms with E-state index in [1.165, 1.54) is 16.7 Å². The van der Waals surface area contributed by atoms with Crippen molar-refractivity contribution in [3.63, 3.8) is 0 Å². The van der Waals surface area contributed by atoms with Crippen LogP contribution in [0.15, 0.2) is 59.1 Å². The van der Waals surface area contributed by atoms with Crippen molar-refractivity contribution < 1.29 is 14.2 Å². The standard InChI is InChI=1S/C27H29BrN2O3S/c1-17-11-18(2)13-22(12-17)33-16-24-23-15-26(32-4)25(31-3)14-19(23)9-10-30(24)27(34)29-21-7-5-20(28)6-8-21/h5-8,11-15,24H,9-10,16H2,1-4H3,(H,29,34). The number of nitrogens with one attached hydrogen (secondary N) is 1. The molecular weight excluding hydrogens is 512 g/mol. The summed E-state index contributed by atoms with van der Waals surface area (Å²) < 4.78 is 18.5. The Balaban J connectivity index is 1.65. The van der Waals surface area contributed by atoms with E-state index in [4.69, 9.17) is 26.4 Å². The van der Waals surface area contributed by atoms with Crippen LogP contribution in [0.2, 0.25) is 0 Å². The number of hydrogen-bond acceptors (Lipinski definition) is 4. The lowest BCUT2D eigenvalue weighted by atomic mass is 9.92. The summed E-state index contributed by atoms with van der Waals surface area (Å²) in [5.74, 6) is 2.29. The van der Waals surface area contributed by atoms with Gasteiger partial charge in [-0.15, -0.1) is 0 Å². The number of hydrogen-bond donors (Lipinski definition) is 1. The topological polar surface area (TPSA) is 43.0 Å². The Bertz CT molecular complexity index is 1160. The molecule has 1 atom stereocenters. The van der Waals surface area contributed by atoms with Gasteiger partial charge in [-0.1, -0.05) is 22.0 Å². The van der Waals surface area contributed by atoms with E-state index in [9.17, 15) is 0 Å². The minimum absolute atomic E-state index is 0.0835. The Labute approximate surface area is 215 Å². The smallest absolute Gasteiger partial charge is 0.174 e. The van der Waals surface area contributed by atoms with E-state index in [-0.39, 0.29) is 6.04 Å². The van der Waals surface area contributed by atoms with Gasteiger partial charge in [-0.3, -0.25) is 0 Å². The van der Waals surface area contributed by atoms with Crippen LogP contribution in [-0.4, -0.2) is 37.4 Å². The summed E-state index contributed by atoms with van der Waals surface area (Å²) in [6, 6.07) is 18.3. The molecule has 4 rings (SSSR count). The molecule has 1 heterocycles. The second-order valence-corrected chi connectivity index (χ2v) is 9.74. The van der Waals surface area contributed by atoms with Gasteiger partial charge in [-0.05, 0) is 103 Å². The van der Waals surface area contributed by atoms with Crippen molar-refractivity contribution >= 4 is 38.9 Å². The van der Waals surface area contributed by atoms with Crippen molar-refractivity contribution in [2.45, 2.75) is 26.3 Å². The summed E-state index contributed by atoms with van der Waals surface area (Å²) in [5.41, 5.74) is 5.65. The molecule has 34 heavy (non-hydrogen) atoms. The molecule has 0 aromatic heterocycles. The van der Waals surface area contributed by atoms with E-state index < -0.39 is 0 Å². The van der Waals surface area contributed by atoms with Gasteiger partial charge in [-0.2, -0.15) is 0 Å². The Kier molecular flexibility index (Phi) is 7.63. The van der Waals surface area contributed by atoms with Crippen LogP contribution >= 0.6 is 28.1 Å². The minimum Gasteiger partial charge on any atom is -0.493 e. The molecule has 0 bridgehead atoms. The third-order valence-electron chi connectivity index (χ3n) is 5.96. The molecule has 1 aliphatic heterocycles. The quantitative estimate of drug-likeness (QED) is 0.362. The van der Waals surface area contributed by atoms with Crippen molar-refractivity contribution in [1.29, 1.82) is 0 Å². The highest BCUT2D eigenvalue weighted by Crippen LogP contribution is 2.39. The fourth-order valence-electron chi connectivity index (χ4n) is 4.37. The molecule has 0 aliphatic carbocycles. The zero-order valence-corrected chi connectivity index (χ0v) is 22.3. The van der Waals surface area contributed by atoms with Crippen LogP contribution in [0.4, 0.5) is 5.69 Å². The van der Waals surface area contributed by atoms with Crippen molar-refractivity contribution in [2.24, 2.45) is 0 Å². The molecule has 0 fully saturated rings. The number of halogens is 1. The van der Waals surface area contributed by atoms with Gasteiger partial charge in [0, 0.05) is 16.7 Å². The predicted octanol–water partition coefficient (Wildman–Crippen LogP) is 6.46. The average Bonchev–Trinajstić information content (AvgIpc) is 2.82. The van der Waals surface area contributed by atoms with E-state index in [1.807, 2.05) is 24.3 Å². The first-order valence-electron chi connectivity index (χ1n) is 11.2. The zero-order valence-electron chi connectivity index (χ0n) is 19.9. The zero-order chi connectivity index (χ0) is 24.2. The molecule has 0 radical (unpaired) electrons. The normalized spacial score (nSPS) is 14.9. The van der Waals surface area contributed by atoms with Gasteiger partial charge in [0.15, 0.2) is 16.6 Å². The lowest BCUT2D eigenvalue weighted by Gasteiger charge is -2.39. The van der Waals surface area contributed by atoms with E-state index in [1.54, 1.807) is 14.2 Å². The fourth-order valence-corrected chi connectivity index (χ4v) is 4.97. The van der Waals surface area contributed by atoms with Crippen molar-refractivity contribution in [2.75, 3.05) is 32.7 Å². The molecule has 0 saturated heterocycles. The van der Waals surface area contributed by atoms with Gasteiger partial charge < -0.3 is 24.4 Å². The maximum Gasteiger partial charge on any atom is 0.174 e. The van der Waals surface area contributed by atoms with E-state index in [2.05, 4.69) is 70.3 Å². The van der Waals surface area contributed by atoms with Gasteiger partial charge in [0.1, 0.15) is 12.4 Å². The number of nitrogens with zero attached hydrogens (tertiary/aromatic N) is 1. The molecule has 7 heteroatoms. The second-order valence-electron chi connectivity index (χ2n) is 8.44. The monoisotopic (exact) mass is 540 g/mol. The highest BCUT2D eigenvalue weighted by Gasteiger charge is 2.31. The molecule has 1 unspecified atom stereocenters. The molecule has 1 N–H and O–H groups in total. The number of aryl methyl sites for hydroxylation is 2. The Morgan fingerprint density at radius 1 is 1.00 bits per heavy atom. The number of thiocarbonyl (C=S) groups is 1. The van der Waals surface area contributed by atoms with Gasteiger partial charge in [-0.25, -0.2) is 0 Å². The van der Waals surface area contributed by atoms with Crippen LogP contribution in [0.5, 0.6) is 17.2 Å². The van der Waals surface area contributed by atoms with E-state index >= 15 is 0 Å². The van der Waals surface area contributed by atoms with Crippen LogP contribution < -0.4 is 19.5 Å². The van der Waals surface area contributed by atoms with Crippen LogP contribution in [0.1, 0.15) is 28.3 Å². The van der Waals surface area contributed by atoms with Gasteiger partial charge >= 0.3 is 0 Å². The summed E-state index contributed by atoms with van der Waals surface area (Å²) in [7, 11) is 3.32. The molecule has 1 aliphatic rings. The molecule has 0 spiro atoms. The lowest BCUT2D eigenvalue weighted by Crippen LogP contribution is -2.44. The number of anilines is 1. The summed E-state index contributed by atoms with van der Waals surface area (Å²) in [4.78, 5) is 2.20. The molecule has 0 amide bonds. The van der Waals surface area contributed by atoms with Gasteiger partial charge in [0.25, 0.3) is 0 Å². The predicted molar refractivity (Wildman–Crippen MR) is 144 cm³/mol. The fraction of sp³-hybridized carbons (Fsp3) is 0.296. The minimum atomic E-state index is -0.0835. The Morgan fingerprint density at radius 2 is 1.65 bits per heavy atom. The Morgan fingerprint density at radius 3 is 2.29 bits per heavy atom. The highest BCUT2D eigenvalue weighted by atomic mass is 79.9. The first kappa shape index (κ1) is 24.4. The third-order valence-corrected chi connectivity index (χ3v) is 6.83.